The molecule has 0 radical (unpaired) electrons. The van der Waals surface area contributed by atoms with Gasteiger partial charge < -0.3 is 10.2 Å². The third-order valence-electron chi connectivity index (χ3n) is 5.72. The van der Waals surface area contributed by atoms with E-state index >= 15 is 0 Å². The minimum Gasteiger partial charge on any atom is -0.335 e. The largest absolute Gasteiger partial charge is 0.335 e. The molecule has 2 aromatic rings. The Kier molecular flexibility index (Phi) is 5.24. The number of likely N-dealkylation sites (tertiary alicyclic amines) is 1. The van der Waals surface area contributed by atoms with Crippen molar-refractivity contribution in [1.82, 2.24) is 4.90 Å². The van der Waals surface area contributed by atoms with Crippen LogP contribution in [-0.4, -0.2) is 29.3 Å². The number of aryl methyl sites for hydroxylation is 1. The van der Waals surface area contributed by atoms with Crippen molar-refractivity contribution in [2.24, 2.45) is 5.92 Å². The van der Waals surface area contributed by atoms with E-state index in [9.17, 15) is 9.59 Å². The molecule has 1 atom stereocenters. The van der Waals surface area contributed by atoms with Crippen molar-refractivity contribution in [2.45, 2.75) is 45.1 Å². The van der Waals surface area contributed by atoms with E-state index in [-0.39, 0.29) is 11.8 Å². The molecule has 27 heavy (non-hydrogen) atoms. The Hall–Kier alpha value is -1.85. The number of rotatable bonds is 4. The molecular weight excluding hydrogens is 380 g/mol. The lowest BCUT2D eigenvalue weighted by Gasteiger charge is -2.37. The molecule has 1 saturated heterocycles. The molecule has 2 heterocycles. The van der Waals surface area contributed by atoms with E-state index in [0.29, 0.717) is 27.5 Å². The van der Waals surface area contributed by atoms with Crippen LogP contribution in [0.25, 0.3) is 0 Å². The Morgan fingerprint density at radius 3 is 2.67 bits per heavy atom. The first-order valence-electron chi connectivity index (χ1n) is 9.52. The fourth-order valence-corrected chi connectivity index (χ4v) is 5.32. The van der Waals surface area contributed by atoms with E-state index in [4.69, 9.17) is 11.6 Å². The number of hydrogen-bond donors (Lipinski definition) is 1. The monoisotopic (exact) mass is 402 g/mol. The van der Waals surface area contributed by atoms with Crippen molar-refractivity contribution in [3.63, 3.8) is 0 Å². The maximum atomic E-state index is 13.1. The van der Waals surface area contributed by atoms with Crippen molar-refractivity contribution in [3.8, 4) is 0 Å². The van der Waals surface area contributed by atoms with Gasteiger partial charge in [0.25, 0.3) is 11.8 Å². The number of hydrogen-bond acceptors (Lipinski definition) is 3. The minimum atomic E-state index is -0.255. The van der Waals surface area contributed by atoms with Gasteiger partial charge in [-0.3, -0.25) is 9.59 Å². The van der Waals surface area contributed by atoms with Crippen molar-refractivity contribution in [2.75, 3.05) is 11.9 Å². The summed E-state index contributed by atoms with van der Waals surface area (Å²) in [5.41, 5.74) is 1.35. The summed E-state index contributed by atoms with van der Waals surface area (Å²) in [6.45, 7) is 2.78. The van der Waals surface area contributed by atoms with E-state index in [0.717, 1.165) is 29.8 Å². The van der Waals surface area contributed by atoms with Gasteiger partial charge in [0.2, 0.25) is 0 Å². The molecule has 4 nitrogen and oxygen atoms in total. The smallest absolute Gasteiger partial charge is 0.264 e. The average molecular weight is 403 g/mol. The zero-order valence-corrected chi connectivity index (χ0v) is 16.9. The van der Waals surface area contributed by atoms with Crippen LogP contribution in [0.3, 0.4) is 0 Å². The van der Waals surface area contributed by atoms with Gasteiger partial charge in [0.05, 0.1) is 20.5 Å². The molecule has 1 aliphatic carbocycles. The first kappa shape index (κ1) is 18.5. The Morgan fingerprint density at radius 1 is 1.19 bits per heavy atom. The van der Waals surface area contributed by atoms with Crippen LogP contribution < -0.4 is 5.32 Å². The highest BCUT2D eigenvalue weighted by molar-refractivity contribution is 7.18. The highest BCUT2D eigenvalue weighted by Gasteiger charge is 2.38. The van der Waals surface area contributed by atoms with Gasteiger partial charge in [-0.2, -0.15) is 0 Å². The number of carbonyl (C=O) groups excluding carboxylic acids is 2. The van der Waals surface area contributed by atoms with Gasteiger partial charge in [0, 0.05) is 12.6 Å². The van der Waals surface area contributed by atoms with E-state index in [1.54, 1.807) is 24.3 Å². The van der Waals surface area contributed by atoms with Crippen molar-refractivity contribution in [3.05, 3.63) is 51.4 Å². The maximum absolute atomic E-state index is 13.1. The van der Waals surface area contributed by atoms with Gasteiger partial charge in [-0.15, -0.1) is 11.3 Å². The molecule has 1 unspecified atom stereocenters. The molecule has 1 aliphatic heterocycles. The van der Waals surface area contributed by atoms with Crippen molar-refractivity contribution < 1.29 is 9.59 Å². The number of nitrogens with zero attached hydrogens (tertiary/aromatic N) is 1. The Labute approximate surface area is 168 Å². The summed E-state index contributed by atoms with van der Waals surface area (Å²) in [6.07, 6.45) is 6.00. The summed E-state index contributed by atoms with van der Waals surface area (Å²) in [5, 5.41) is 3.98. The number of thiophene rings is 1. The third-order valence-corrected chi connectivity index (χ3v) is 7.19. The summed E-state index contributed by atoms with van der Waals surface area (Å²) >= 11 is 7.46. The fourth-order valence-electron chi connectivity index (χ4n) is 4.07. The summed E-state index contributed by atoms with van der Waals surface area (Å²) in [7, 11) is 0. The number of amides is 2. The van der Waals surface area contributed by atoms with Crippen LogP contribution in [-0.2, 0) is 0 Å². The molecule has 6 heteroatoms. The Balaban J connectivity index is 1.50. The fraction of sp³-hybridized carbons (Fsp3) is 0.429. The van der Waals surface area contributed by atoms with Gasteiger partial charge in [0.15, 0.2) is 0 Å². The lowest BCUT2D eigenvalue weighted by atomic mass is 9.79. The van der Waals surface area contributed by atoms with Gasteiger partial charge >= 0.3 is 0 Å². The van der Waals surface area contributed by atoms with E-state index in [1.165, 1.54) is 30.6 Å². The molecule has 1 saturated carbocycles. The molecule has 2 fully saturated rings. The summed E-state index contributed by atoms with van der Waals surface area (Å²) in [5.74, 6) is 0.538. The second-order valence-electron chi connectivity index (χ2n) is 7.46. The predicted molar refractivity (Wildman–Crippen MR) is 110 cm³/mol. The number of carbonyl (C=O) groups is 2. The van der Waals surface area contributed by atoms with Gasteiger partial charge in [-0.1, -0.05) is 30.2 Å². The van der Waals surface area contributed by atoms with Gasteiger partial charge in [-0.25, -0.2) is 0 Å². The Morgan fingerprint density at radius 2 is 1.96 bits per heavy atom. The van der Waals surface area contributed by atoms with Crippen molar-refractivity contribution >= 4 is 39.8 Å². The first-order valence-corrected chi connectivity index (χ1v) is 10.7. The van der Waals surface area contributed by atoms with Crippen molar-refractivity contribution in [1.29, 1.82) is 0 Å². The summed E-state index contributed by atoms with van der Waals surface area (Å²) in [6, 6.07) is 9.23. The van der Waals surface area contributed by atoms with Gasteiger partial charge in [0.1, 0.15) is 0 Å². The van der Waals surface area contributed by atoms with Gasteiger partial charge in [-0.05, 0) is 62.3 Å². The van der Waals surface area contributed by atoms with Crippen LogP contribution in [0.5, 0.6) is 0 Å². The van der Waals surface area contributed by atoms with Crippen LogP contribution in [0.15, 0.2) is 30.3 Å². The summed E-state index contributed by atoms with van der Waals surface area (Å²) in [4.78, 5) is 28.4. The molecule has 2 amide bonds. The minimum absolute atomic E-state index is 0.116. The molecule has 4 rings (SSSR count). The standard InChI is InChI=1S/C21H23ClN2O2S/c1-13-12-18(23-20(25)15-8-2-3-9-16(15)22)27-19(13)21(26)24-11-5-10-17(24)14-6-4-7-14/h2-3,8-9,12,14,17H,4-7,10-11H2,1H3,(H,23,25). The zero-order valence-electron chi connectivity index (χ0n) is 15.3. The van der Waals surface area contributed by atoms with E-state index in [1.807, 2.05) is 13.0 Å². The average Bonchev–Trinajstić information content (AvgIpc) is 3.20. The van der Waals surface area contributed by atoms with E-state index < -0.39 is 0 Å². The lowest BCUT2D eigenvalue weighted by molar-refractivity contribution is 0.0630. The second-order valence-corrected chi connectivity index (χ2v) is 8.92. The molecule has 0 bridgehead atoms. The molecule has 142 valence electrons. The first-order chi connectivity index (χ1) is 13.0. The summed E-state index contributed by atoms with van der Waals surface area (Å²) < 4.78 is 0. The van der Waals surface area contributed by atoms with E-state index in [2.05, 4.69) is 10.2 Å². The SMILES string of the molecule is Cc1cc(NC(=O)c2ccccc2Cl)sc1C(=O)N1CCCC1C1CCC1. The number of benzene rings is 1. The zero-order chi connectivity index (χ0) is 19.0. The molecule has 1 N–H and O–H groups in total. The number of nitrogens with one attached hydrogen (secondary N) is 1. The molecule has 1 aromatic carbocycles. The molecule has 2 aliphatic rings. The molecule has 0 spiro atoms. The Bertz CT molecular complexity index is 875. The topological polar surface area (TPSA) is 49.4 Å². The second kappa shape index (κ2) is 7.64. The predicted octanol–water partition coefficient (Wildman–Crippen LogP) is 5.37. The van der Waals surface area contributed by atoms with Crippen LogP contribution in [0.2, 0.25) is 5.02 Å². The molecule has 1 aromatic heterocycles. The van der Waals surface area contributed by atoms with Crippen LogP contribution in [0.1, 0.15) is 57.7 Å². The lowest BCUT2D eigenvalue weighted by Crippen LogP contribution is -2.42. The third kappa shape index (κ3) is 3.63. The van der Waals surface area contributed by atoms with Crippen LogP contribution in [0.4, 0.5) is 5.00 Å². The highest BCUT2D eigenvalue weighted by Crippen LogP contribution is 2.39. The highest BCUT2D eigenvalue weighted by atomic mass is 35.5. The normalized spacial score (nSPS) is 19.8. The quantitative estimate of drug-likeness (QED) is 0.747. The van der Waals surface area contributed by atoms with Crippen LogP contribution in [0, 0.1) is 12.8 Å². The van der Waals surface area contributed by atoms with Crippen LogP contribution >= 0.6 is 22.9 Å². The number of anilines is 1. The maximum Gasteiger partial charge on any atom is 0.264 e. The number of halogens is 1. The molecular formula is C21H23ClN2O2S.